The molecule has 3 nitrogen and oxygen atoms in total. The van der Waals surface area contributed by atoms with Gasteiger partial charge in [-0.2, -0.15) is 0 Å². The van der Waals surface area contributed by atoms with Crippen LogP contribution in [0, 0.1) is 6.92 Å². The van der Waals surface area contributed by atoms with E-state index < -0.39 is 0 Å². The second kappa shape index (κ2) is 5.97. The van der Waals surface area contributed by atoms with Crippen LogP contribution in [0.15, 0.2) is 42.5 Å². The molecule has 0 spiro atoms. The van der Waals surface area contributed by atoms with Crippen molar-refractivity contribution in [2.45, 2.75) is 19.9 Å². The maximum Gasteiger partial charge on any atom is 0.251 e. The predicted molar refractivity (Wildman–Crippen MR) is 82.9 cm³/mol. The fraction of sp³-hybridized carbons (Fsp3) is 0.188. The van der Waals surface area contributed by atoms with Crippen LogP contribution in [-0.2, 0) is 0 Å². The minimum absolute atomic E-state index is 0.0842. The molecular weight excluding hydrogens is 272 g/mol. The minimum Gasteiger partial charge on any atom is -0.399 e. The van der Waals surface area contributed by atoms with Crippen LogP contribution >= 0.6 is 11.6 Å². The smallest absolute Gasteiger partial charge is 0.251 e. The molecule has 0 saturated heterocycles. The Kier molecular flexibility index (Phi) is 4.30. The molecule has 104 valence electrons. The van der Waals surface area contributed by atoms with Crippen molar-refractivity contribution in [1.29, 1.82) is 0 Å². The summed E-state index contributed by atoms with van der Waals surface area (Å²) in [5.74, 6) is -0.117. The number of anilines is 1. The van der Waals surface area contributed by atoms with Gasteiger partial charge in [-0.3, -0.25) is 4.79 Å². The first-order valence-electron chi connectivity index (χ1n) is 6.40. The lowest BCUT2D eigenvalue weighted by atomic mass is 10.1. The molecule has 0 heterocycles. The van der Waals surface area contributed by atoms with Crippen molar-refractivity contribution in [3.63, 3.8) is 0 Å². The van der Waals surface area contributed by atoms with Crippen molar-refractivity contribution in [2.24, 2.45) is 0 Å². The van der Waals surface area contributed by atoms with Gasteiger partial charge in [-0.05, 0) is 55.3 Å². The number of nitrogen functional groups attached to an aromatic ring is 1. The first-order chi connectivity index (χ1) is 9.47. The highest BCUT2D eigenvalue weighted by molar-refractivity contribution is 6.31. The van der Waals surface area contributed by atoms with Gasteiger partial charge in [0, 0.05) is 16.3 Å². The number of nitrogens with one attached hydrogen (secondary N) is 1. The summed E-state index contributed by atoms with van der Waals surface area (Å²) in [6.07, 6.45) is 0. The third-order valence-electron chi connectivity index (χ3n) is 3.20. The molecule has 0 bridgehead atoms. The number of carbonyl (C=O) groups excluding carboxylic acids is 1. The second-order valence-corrected chi connectivity index (χ2v) is 5.23. The zero-order chi connectivity index (χ0) is 14.7. The molecule has 4 heteroatoms. The van der Waals surface area contributed by atoms with Crippen LogP contribution in [0.25, 0.3) is 0 Å². The standard InChI is InChI=1S/C16H17ClN2O/c1-10-9-13(5-8-15(10)17)16(20)19-11(2)12-3-6-14(18)7-4-12/h3-9,11H,18H2,1-2H3,(H,19,20). The van der Waals surface area contributed by atoms with E-state index in [-0.39, 0.29) is 11.9 Å². The summed E-state index contributed by atoms with van der Waals surface area (Å²) in [6, 6.07) is 12.6. The van der Waals surface area contributed by atoms with Gasteiger partial charge in [0.2, 0.25) is 0 Å². The Morgan fingerprint density at radius 3 is 2.45 bits per heavy atom. The molecule has 1 unspecified atom stereocenters. The second-order valence-electron chi connectivity index (χ2n) is 4.83. The molecule has 1 amide bonds. The number of rotatable bonds is 3. The molecule has 20 heavy (non-hydrogen) atoms. The van der Waals surface area contributed by atoms with Gasteiger partial charge >= 0.3 is 0 Å². The number of aryl methyl sites for hydroxylation is 1. The van der Waals surface area contributed by atoms with Crippen LogP contribution in [0.4, 0.5) is 5.69 Å². The Hall–Kier alpha value is -2.00. The van der Waals surface area contributed by atoms with E-state index in [1.54, 1.807) is 18.2 Å². The molecule has 2 aromatic rings. The van der Waals surface area contributed by atoms with Crippen LogP contribution in [-0.4, -0.2) is 5.91 Å². The van der Waals surface area contributed by atoms with Gasteiger partial charge in [0.25, 0.3) is 5.91 Å². The van der Waals surface area contributed by atoms with Crippen molar-refractivity contribution in [3.8, 4) is 0 Å². The number of amides is 1. The zero-order valence-electron chi connectivity index (χ0n) is 11.5. The number of hydrogen-bond acceptors (Lipinski definition) is 2. The molecule has 0 saturated carbocycles. The van der Waals surface area contributed by atoms with Crippen LogP contribution < -0.4 is 11.1 Å². The summed E-state index contributed by atoms with van der Waals surface area (Å²) in [5.41, 5.74) is 8.87. The van der Waals surface area contributed by atoms with E-state index in [9.17, 15) is 4.79 Å². The molecule has 2 aromatic carbocycles. The van der Waals surface area contributed by atoms with Crippen molar-refractivity contribution in [3.05, 3.63) is 64.2 Å². The van der Waals surface area contributed by atoms with Crippen molar-refractivity contribution in [1.82, 2.24) is 5.32 Å². The molecule has 3 N–H and O–H groups in total. The summed E-state index contributed by atoms with van der Waals surface area (Å²) in [5, 5.41) is 3.62. The van der Waals surface area contributed by atoms with E-state index in [1.807, 2.05) is 38.1 Å². The molecule has 0 aliphatic rings. The number of halogens is 1. The lowest BCUT2D eigenvalue weighted by Crippen LogP contribution is -2.26. The van der Waals surface area contributed by atoms with E-state index in [1.165, 1.54) is 0 Å². The first-order valence-corrected chi connectivity index (χ1v) is 6.77. The fourth-order valence-electron chi connectivity index (χ4n) is 1.93. The fourth-order valence-corrected chi connectivity index (χ4v) is 2.05. The maximum atomic E-state index is 12.2. The highest BCUT2D eigenvalue weighted by Gasteiger charge is 2.12. The number of nitrogens with two attached hydrogens (primary N) is 1. The number of carbonyl (C=O) groups is 1. The van der Waals surface area contributed by atoms with Gasteiger partial charge in [0.1, 0.15) is 0 Å². The van der Waals surface area contributed by atoms with Crippen LogP contribution in [0.3, 0.4) is 0 Å². The Bertz CT molecular complexity index is 623. The Morgan fingerprint density at radius 1 is 1.20 bits per heavy atom. The van der Waals surface area contributed by atoms with E-state index in [4.69, 9.17) is 17.3 Å². The predicted octanol–water partition coefficient (Wildman–Crippen LogP) is 3.72. The molecule has 0 fully saturated rings. The summed E-state index contributed by atoms with van der Waals surface area (Å²) >= 11 is 5.96. The van der Waals surface area contributed by atoms with Gasteiger partial charge in [-0.15, -0.1) is 0 Å². The van der Waals surface area contributed by atoms with Crippen LogP contribution in [0.1, 0.15) is 34.5 Å². The van der Waals surface area contributed by atoms with Crippen molar-refractivity contribution >= 4 is 23.2 Å². The summed E-state index contributed by atoms with van der Waals surface area (Å²) in [7, 11) is 0. The van der Waals surface area contributed by atoms with Crippen LogP contribution in [0.2, 0.25) is 5.02 Å². The topological polar surface area (TPSA) is 55.1 Å². The molecule has 2 rings (SSSR count). The average Bonchev–Trinajstić information content (AvgIpc) is 2.42. The van der Waals surface area contributed by atoms with Gasteiger partial charge in [-0.25, -0.2) is 0 Å². The number of benzene rings is 2. The third-order valence-corrected chi connectivity index (χ3v) is 3.63. The van der Waals surface area contributed by atoms with E-state index >= 15 is 0 Å². The molecule has 0 aromatic heterocycles. The third kappa shape index (κ3) is 3.31. The van der Waals surface area contributed by atoms with Gasteiger partial charge in [0.05, 0.1) is 6.04 Å². The van der Waals surface area contributed by atoms with Gasteiger partial charge < -0.3 is 11.1 Å². The molecule has 0 aliphatic heterocycles. The van der Waals surface area contributed by atoms with E-state index in [0.717, 1.165) is 11.1 Å². The Balaban J connectivity index is 2.10. The van der Waals surface area contributed by atoms with Gasteiger partial charge in [-0.1, -0.05) is 23.7 Å². The quantitative estimate of drug-likeness (QED) is 0.846. The zero-order valence-corrected chi connectivity index (χ0v) is 12.2. The molecule has 1 atom stereocenters. The van der Waals surface area contributed by atoms with Crippen LogP contribution in [0.5, 0.6) is 0 Å². The SMILES string of the molecule is Cc1cc(C(=O)NC(C)c2ccc(N)cc2)ccc1Cl. The summed E-state index contributed by atoms with van der Waals surface area (Å²) in [6.45, 7) is 3.81. The average molecular weight is 289 g/mol. The summed E-state index contributed by atoms with van der Waals surface area (Å²) in [4.78, 5) is 12.2. The highest BCUT2D eigenvalue weighted by atomic mass is 35.5. The lowest BCUT2D eigenvalue weighted by Gasteiger charge is -2.15. The molecular formula is C16H17ClN2O. The normalized spacial score (nSPS) is 11.9. The number of hydrogen-bond donors (Lipinski definition) is 2. The van der Waals surface area contributed by atoms with Crippen molar-refractivity contribution in [2.75, 3.05) is 5.73 Å². The molecule has 0 radical (unpaired) electrons. The highest BCUT2D eigenvalue weighted by Crippen LogP contribution is 2.18. The first kappa shape index (κ1) is 14.4. The van der Waals surface area contributed by atoms with E-state index in [2.05, 4.69) is 5.32 Å². The van der Waals surface area contributed by atoms with Crippen molar-refractivity contribution < 1.29 is 4.79 Å². The monoisotopic (exact) mass is 288 g/mol. The largest absolute Gasteiger partial charge is 0.399 e. The molecule has 0 aliphatic carbocycles. The Labute approximate surface area is 123 Å². The maximum absolute atomic E-state index is 12.2. The lowest BCUT2D eigenvalue weighted by molar-refractivity contribution is 0.0940. The van der Waals surface area contributed by atoms with Gasteiger partial charge in [0.15, 0.2) is 0 Å². The van der Waals surface area contributed by atoms with E-state index in [0.29, 0.717) is 16.3 Å². The summed E-state index contributed by atoms with van der Waals surface area (Å²) < 4.78 is 0. The Morgan fingerprint density at radius 2 is 1.85 bits per heavy atom. The minimum atomic E-state index is -0.117.